The maximum absolute atomic E-state index is 14.2. The van der Waals surface area contributed by atoms with Crippen molar-refractivity contribution in [3.8, 4) is 11.5 Å². The summed E-state index contributed by atoms with van der Waals surface area (Å²) in [7, 11) is 3.16. The molecular weight excluding hydrogens is 596 g/mol. The normalized spacial score (nSPS) is 24.0. The Kier molecular flexibility index (Phi) is 8.91. The van der Waals surface area contributed by atoms with Crippen LogP contribution < -0.4 is 9.47 Å². The molecule has 9 heteroatoms. The molecule has 0 atom stereocenters. The second kappa shape index (κ2) is 13.2. The molecule has 240 valence electrons. The van der Waals surface area contributed by atoms with E-state index < -0.39 is 34.9 Å². The zero-order valence-corrected chi connectivity index (χ0v) is 26.7. The van der Waals surface area contributed by atoms with Crippen molar-refractivity contribution >= 4 is 23.7 Å². The molecule has 2 aliphatic heterocycles. The van der Waals surface area contributed by atoms with Gasteiger partial charge in [0.25, 0.3) is 0 Å². The SMILES string of the molecule is CCOCC.COc1ccc(C2C3(N=C(c4ccccc4)OC3=O)C(c3ccc(OC)cc3)C23N=C(c2ccccc2)OC3=O)cc1. The van der Waals surface area contributed by atoms with E-state index >= 15 is 0 Å². The van der Waals surface area contributed by atoms with Crippen LogP contribution in [0.1, 0.15) is 47.9 Å². The number of ether oxygens (including phenoxy) is 5. The zero-order valence-electron chi connectivity index (χ0n) is 26.7. The fourth-order valence-corrected chi connectivity index (χ4v) is 6.67. The highest BCUT2D eigenvalue weighted by Crippen LogP contribution is 2.69. The predicted molar refractivity (Wildman–Crippen MR) is 177 cm³/mol. The Labute approximate surface area is 273 Å². The fourth-order valence-electron chi connectivity index (χ4n) is 6.67. The first-order chi connectivity index (χ1) is 22.9. The number of methoxy groups -OCH3 is 2. The molecule has 47 heavy (non-hydrogen) atoms. The molecule has 2 spiro atoms. The third-order valence-corrected chi connectivity index (χ3v) is 8.71. The molecule has 9 nitrogen and oxygen atoms in total. The molecule has 0 bridgehead atoms. The molecule has 1 aliphatic carbocycles. The van der Waals surface area contributed by atoms with Crippen LogP contribution in [-0.2, 0) is 23.8 Å². The standard InChI is InChI=1S/C34H26N2O6.C4H10O/c1-39-25-17-13-21(14-18-25)27-33(31(37)41-29(35-33)23-9-5-3-6-10-23)28(22-15-19-26(40-2)20-16-22)34(27)32(38)42-30(36-34)24-11-7-4-8-12-24;1-3-5-4-2/h3-20,27-28H,1-2H3;3-4H2,1-2H3. The molecule has 0 aromatic heterocycles. The Morgan fingerprint density at radius 2 is 0.936 bits per heavy atom. The van der Waals surface area contributed by atoms with Crippen LogP contribution in [0.25, 0.3) is 0 Å². The van der Waals surface area contributed by atoms with Crippen LogP contribution in [-0.4, -0.2) is 62.2 Å². The molecule has 7 rings (SSSR count). The number of rotatable bonds is 8. The lowest BCUT2D eigenvalue weighted by molar-refractivity contribution is -0.158. The van der Waals surface area contributed by atoms with Gasteiger partial charge in [0.1, 0.15) is 11.5 Å². The van der Waals surface area contributed by atoms with E-state index in [1.807, 2.05) is 98.8 Å². The Bertz CT molecular complexity index is 1640. The van der Waals surface area contributed by atoms with Gasteiger partial charge in [-0.05, 0) is 73.5 Å². The van der Waals surface area contributed by atoms with Crippen LogP contribution in [0.4, 0.5) is 0 Å². The van der Waals surface area contributed by atoms with Gasteiger partial charge in [0.05, 0.1) is 26.1 Å². The van der Waals surface area contributed by atoms with Gasteiger partial charge in [0, 0.05) is 24.3 Å². The summed E-state index contributed by atoms with van der Waals surface area (Å²) in [6.45, 7) is 5.67. The molecule has 1 saturated carbocycles. The van der Waals surface area contributed by atoms with Crippen molar-refractivity contribution in [2.24, 2.45) is 9.98 Å². The average molecular weight is 633 g/mol. The minimum atomic E-state index is -1.50. The zero-order chi connectivity index (χ0) is 33.0. The maximum atomic E-state index is 14.2. The number of cyclic esters (lactones) is 2. The lowest BCUT2D eigenvalue weighted by Crippen LogP contribution is -2.73. The quantitative estimate of drug-likeness (QED) is 0.216. The smallest absolute Gasteiger partial charge is 0.342 e. The molecule has 3 aliphatic rings. The molecule has 4 aromatic rings. The molecule has 0 radical (unpaired) electrons. The van der Waals surface area contributed by atoms with Crippen molar-refractivity contribution in [1.82, 2.24) is 0 Å². The van der Waals surface area contributed by atoms with Crippen molar-refractivity contribution < 1.29 is 33.3 Å². The van der Waals surface area contributed by atoms with E-state index in [0.717, 1.165) is 13.2 Å². The first-order valence-corrected chi connectivity index (χ1v) is 15.5. The van der Waals surface area contributed by atoms with Crippen LogP contribution in [0.5, 0.6) is 11.5 Å². The first kappa shape index (κ1) is 31.7. The number of hydrogen-bond donors (Lipinski definition) is 0. The summed E-state index contributed by atoms with van der Waals surface area (Å²) in [5, 5.41) is 0. The van der Waals surface area contributed by atoms with Gasteiger partial charge in [-0.2, -0.15) is 0 Å². The summed E-state index contributed by atoms with van der Waals surface area (Å²) in [6, 6.07) is 33.0. The third kappa shape index (κ3) is 5.36. The van der Waals surface area contributed by atoms with E-state index in [9.17, 15) is 9.59 Å². The van der Waals surface area contributed by atoms with Gasteiger partial charge in [0.2, 0.25) is 11.8 Å². The van der Waals surface area contributed by atoms with Gasteiger partial charge in [-0.1, -0.05) is 60.7 Å². The van der Waals surface area contributed by atoms with E-state index in [4.69, 9.17) is 33.7 Å². The summed E-state index contributed by atoms with van der Waals surface area (Å²) < 4.78 is 27.4. The highest BCUT2D eigenvalue weighted by atomic mass is 16.6. The van der Waals surface area contributed by atoms with Crippen molar-refractivity contribution in [2.75, 3.05) is 27.4 Å². The van der Waals surface area contributed by atoms with Gasteiger partial charge in [-0.15, -0.1) is 0 Å². The maximum Gasteiger partial charge on any atom is 0.342 e. The predicted octanol–water partition coefficient (Wildman–Crippen LogP) is 6.11. The number of aliphatic imine (C=N–C) groups is 2. The van der Waals surface area contributed by atoms with Crippen LogP contribution in [0.3, 0.4) is 0 Å². The summed E-state index contributed by atoms with van der Waals surface area (Å²) in [5.74, 6) is -1.08. The number of nitrogens with zero attached hydrogens (tertiary/aromatic N) is 2. The van der Waals surface area contributed by atoms with Crippen LogP contribution in [0.2, 0.25) is 0 Å². The third-order valence-electron chi connectivity index (χ3n) is 8.71. The Morgan fingerprint density at radius 3 is 1.23 bits per heavy atom. The number of hydrogen-bond acceptors (Lipinski definition) is 9. The second-order valence-electron chi connectivity index (χ2n) is 11.2. The van der Waals surface area contributed by atoms with Gasteiger partial charge in [0.15, 0.2) is 11.1 Å². The summed E-state index contributed by atoms with van der Waals surface area (Å²) in [5.41, 5.74) is -0.302. The number of esters is 2. The van der Waals surface area contributed by atoms with Gasteiger partial charge in [-0.25, -0.2) is 19.6 Å². The lowest BCUT2D eigenvalue weighted by atomic mass is 9.44. The molecule has 0 N–H and O–H groups in total. The molecule has 0 saturated heterocycles. The summed E-state index contributed by atoms with van der Waals surface area (Å²) in [6.07, 6.45) is 0. The second-order valence-corrected chi connectivity index (χ2v) is 11.2. The summed E-state index contributed by atoms with van der Waals surface area (Å²) >= 11 is 0. The average Bonchev–Trinajstić information content (AvgIpc) is 3.66. The summed E-state index contributed by atoms with van der Waals surface area (Å²) in [4.78, 5) is 38.4. The van der Waals surface area contributed by atoms with Crippen LogP contribution in [0.15, 0.2) is 119 Å². The molecule has 1 fully saturated rings. The Balaban J connectivity index is 0.000000720. The van der Waals surface area contributed by atoms with Crippen molar-refractivity contribution in [3.63, 3.8) is 0 Å². The Hall–Kier alpha value is -5.28. The van der Waals surface area contributed by atoms with Gasteiger partial charge >= 0.3 is 11.9 Å². The monoisotopic (exact) mass is 632 g/mol. The first-order valence-electron chi connectivity index (χ1n) is 15.5. The van der Waals surface area contributed by atoms with Crippen molar-refractivity contribution in [1.29, 1.82) is 0 Å². The minimum absolute atomic E-state index is 0.200. The molecule has 4 aromatic carbocycles. The molecule has 2 heterocycles. The minimum Gasteiger partial charge on any atom is -0.497 e. The highest BCUT2D eigenvalue weighted by molar-refractivity contribution is 6.15. The number of carbonyl (C=O) groups excluding carboxylic acids is 2. The van der Waals surface area contributed by atoms with E-state index in [1.54, 1.807) is 38.5 Å². The van der Waals surface area contributed by atoms with Gasteiger partial charge in [-0.3, -0.25) is 0 Å². The fraction of sp³-hybridized carbons (Fsp3) is 0.263. The largest absolute Gasteiger partial charge is 0.497 e. The van der Waals surface area contributed by atoms with Crippen molar-refractivity contribution in [3.05, 3.63) is 131 Å². The molecule has 0 unspecified atom stereocenters. The van der Waals surface area contributed by atoms with E-state index in [-0.39, 0.29) is 11.8 Å². The van der Waals surface area contributed by atoms with Crippen molar-refractivity contribution in [2.45, 2.75) is 36.8 Å². The Morgan fingerprint density at radius 1 is 0.574 bits per heavy atom. The van der Waals surface area contributed by atoms with E-state index in [2.05, 4.69) is 0 Å². The van der Waals surface area contributed by atoms with Crippen LogP contribution in [0, 0.1) is 0 Å². The lowest BCUT2D eigenvalue weighted by Gasteiger charge is -2.58. The van der Waals surface area contributed by atoms with Crippen LogP contribution >= 0.6 is 0 Å². The molecule has 0 amide bonds. The van der Waals surface area contributed by atoms with E-state index in [1.165, 1.54) is 0 Å². The number of carbonyl (C=O) groups is 2. The van der Waals surface area contributed by atoms with E-state index in [0.29, 0.717) is 33.8 Å². The number of benzene rings is 4. The molecular formula is C38H36N2O7. The van der Waals surface area contributed by atoms with Gasteiger partial charge < -0.3 is 23.7 Å². The topological polar surface area (TPSA) is 105 Å². The highest BCUT2D eigenvalue weighted by Gasteiger charge is 2.83.